The van der Waals surface area contributed by atoms with Gasteiger partial charge >= 0.3 is 12.2 Å². The molecule has 0 atom stereocenters. The molecule has 0 radical (unpaired) electrons. The van der Waals surface area contributed by atoms with Gasteiger partial charge < -0.3 is 20.5 Å². The molecular weight excluding hydrogens is 325 g/mol. The number of carbonyl (C=O) groups excluding carboxylic acids is 1. The summed E-state index contributed by atoms with van der Waals surface area (Å²) in [4.78, 5) is 12.1. The minimum atomic E-state index is -4.63. The highest BCUT2D eigenvalue weighted by Crippen LogP contribution is 2.37. The number of urea groups is 1. The standard InChI is InChI=1S/C16H21F3N2O3/c1-2-24-11-5-6-13(12(9-11)16(17,18)19)20-14(23)21-15(10-22)7-3-4-8-15/h5-6,9,22H,2-4,7-8,10H2,1H3,(H2,20,21,23). The number of aliphatic hydroxyl groups excluding tert-OH is 1. The molecule has 8 heteroatoms. The van der Waals surface area contributed by atoms with Crippen LogP contribution in [0.5, 0.6) is 5.75 Å². The van der Waals surface area contributed by atoms with Crippen LogP contribution in [-0.2, 0) is 6.18 Å². The smallest absolute Gasteiger partial charge is 0.418 e. The molecule has 2 amide bonds. The second kappa shape index (κ2) is 7.29. The molecule has 0 saturated heterocycles. The van der Waals surface area contributed by atoms with Crippen LogP contribution in [0.25, 0.3) is 0 Å². The van der Waals surface area contributed by atoms with E-state index >= 15 is 0 Å². The number of hydrogen-bond donors (Lipinski definition) is 3. The van der Waals surface area contributed by atoms with E-state index in [0.29, 0.717) is 12.8 Å². The van der Waals surface area contributed by atoms with Gasteiger partial charge in [0.05, 0.1) is 30.0 Å². The first kappa shape index (κ1) is 18.4. The maximum absolute atomic E-state index is 13.2. The van der Waals surface area contributed by atoms with Crippen molar-refractivity contribution in [1.29, 1.82) is 0 Å². The van der Waals surface area contributed by atoms with Gasteiger partial charge in [0.1, 0.15) is 5.75 Å². The van der Waals surface area contributed by atoms with Crippen molar-refractivity contribution in [3.8, 4) is 5.75 Å². The lowest BCUT2D eigenvalue weighted by Gasteiger charge is -2.28. The van der Waals surface area contributed by atoms with E-state index in [1.807, 2.05) is 0 Å². The number of nitrogens with one attached hydrogen (secondary N) is 2. The predicted molar refractivity (Wildman–Crippen MR) is 83.1 cm³/mol. The summed E-state index contributed by atoms with van der Waals surface area (Å²) >= 11 is 0. The van der Waals surface area contributed by atoms with E-state index in [0.717, 1.165) is 25.0 Å². The molecule has 1 saturated carbocycles. The fraction of sp³-hybridized carbons (Fsp3) is 0.562. The molecule has 0 unspecified atom stereocenters. The lowest BCUT2D eigenvalue weighted by Crippen LogP contribution is -2.50. The summed E-state index contributed by atoms with van der Waals surface area (Å²) in [6.45, 7) is 1.67. The number of alkyl halides is 3. The average molecular weight is 346 g/mol. The highest BCUT2D eigenvalue weighted by molar-refractivity contribution is 5.91. The normalized spacial score (nSPS) is 16.7. The quantitative estimate of drug-likeness (QED) is 0.764. The molecule has 2 rings (SSSR count). The number of rotatable bonds is 5. The van der Waals surface area contributed by atoms with Gasteiger partial charge in [-0.3, -0.25) is 0 Å². The molecule has 0 aromatic heterocycles. The van der Waals surface area contributed by atoms with E-state index in [9.17, 15) is 23.1 Å². The zero-order valence-electron chi connectivity index (χ0n) is 13.4. The number of anilines is 1. The van der Waals surface area contributed by atoms with E-state index in [1.54, 1.807) is 6.92 Å². The van der Waals surface area contributed by atoms with Crippen LogP contribution in [0.3, 0.4) is 0 Å². The number of halogens is 3. The molecule has 1 aromatic carbocycles. The third kappa shape index (κ3) is 4.31. The topological polar surface area (TPSA) is 70.6 Å². The van der Waals surface area contributed by atoms with Crippen LogP contribution in [0.2, 0.25) is 0 Å². The second-order valence-corrected chi connectivity index (χ2v) is 5.86. The van der Waals surface area contributed by atoms with Crippen molar-refractivity contribution in [3.05, 3.63) is 23.8 Å². The third-order valence-corrected chi connectivity index (χ3v) is 4.10. The summed E-state index contributed by atoms with van der Waals surface area (Å²) in [7, 11) is 0. The highest BCUT2D eigenvalue weighted by Gasteiger charge is 2.37. The summed E-state index contributed by atoms with van der Waals surface area (Å²) in [5.41, 5.74) is -2.09. The molecule has 24 heavy (non-hydrogen) atoms. The Bertz CT molecular complexity index is 584. The summed E-state index contributed by atoms with van der Waals surface area (Å²) in [5.74, 6) is 0.0819. The molecule has 0 heterocycles. The van der Waals surface area contributed by atoms with Crippen molar-refractivity contribution >= 4 is 11.7 Å². The molecule has 1 fully saturated rings. The third-order valence-electron chi connectivity index (χ3n) is 4.10. The zero-order valence-corrected chi connectivity index (χ0v) is 13.4. The fourth-order valence-electron chi connectivity index (χ4n) is 2.89. The first-order chi connectivity index (χ1) is 11.3. The van der Waals surface area contributed by atoms with E-state index in [2.05, 4.69) is 10.6 Å². The predicted octanol–water partition coefficient (Wildman–Crippen LogP) is 3.53. The van der Waals surface area contributed by atoms with Crippen LogP contribution in [0, 0.1) is 0 Å². The highest BCUT2D eigenvalue weighted by atomic mass is 19.4. The van der Waals surface area contributed by atoms with Gasteiger partial charge in [0.25, 0.3) is 0 Å². The van der Waals surface area contributed by atoms with Crippen LogP contribution >= 0.6 is 0 Å². The first-order valence-corrected chi connectivity index (χ1v) is 7.84. The second-order valence-electron chi connectivity index (χ2n) is 5.86. The number of benzene rings is 1. The zero-order chi connectivity index (χ0) is 17.8. The minimum Gasteiger partial charge on any atom is -0.494 e. The van der Waals surface area contributed by atoms with Crippen molar-refractivity contribution in [2.45, 2.75) is 44.3 Å². The van der Waals surface area contributed by atoms with Gasteiger partial charge in [-0.2, -0.15) is 13.2 Å². The molecule has 0 aliphatic heterocycles. The van der Waals surface area contributed by atoms with Crippen molar-refractivity contribution in [2.24, 2.45) is 0 Å². The van der Waals surface area contributed by atoms with Crippen LogP contribution in [0.15, 0.2) is 18.2 Å². The lowest BCUT2D eigenvalue weighted by atomic mass is 9.99. The molecule has 5 nitrogen and oxygen atoms in total. The van der Waals surface area contributed by atoms with Gasteiger partial charge in [0.2, 0.25) is 0 Å². The maximum atomic E-state index is 13.2. The molecule has 3 N–H and O–H groups in total. The minimum absolute atomic E-state index is 0.0819. The Hall–Kier alpha value is -1.96. The van der Waals surface area contributed by atoms with E-state index in [1.165, 1.54) is 6.07 Å². The molecule has 134 valence electrons. The number of aliphatic hydroxyl groups is 1. The van der Waals surface area contributed by atoms with Gasteiger partial charge in [-0.05, 0) is 38.0 Å². The maximum Gasteiger partial charge on any atom is 0.418 e. The molecule has 1 aliphatic rings. The van der Waals surface area contributed by atoms with E-state index in [-0.39, 0.29) is 24.7 Å². The van der Waals surface area contributed by atoms with Gasteiger partial charge in [0, 0.05) is 0 Å². The van der Waals surface area contributed by atoms with E-state index in [4.69, 9.17) is 4.74 Å². The first-order valence-electron chi connectivity index (χ1n) is 7.84. The van der Waals surface area contributed by atoms with Crippen molar-refractivity contribution in [1.82, 2.24) is 5.32 Å². The summed E-state index contributed by atoms with van der Waals surface area (Å²) in [6.07, 6.45) is -1.70. The SMILES string of the molecule is CCOc1ccc(NC(=O)NC2(CO)CCCC2)c(C(F)(F)F)c1. The van der Waals surface area contributed by atoms with Gasteiger partial charge in [0.15, 0.2) is 0 Å². The molecule has 0 spiro atoms. The summed E-state index contributed by atoms with van der Waals surface area (Å²) < 4.78 is 44.7. The number of carbonyl (C=O) groups is 1. The van der Waals surface area contributed by atoms with Gasteiger partial charge in [-0.1, -0.05) is 12.8 Å². The number of hydrogen-bond acceptors (Lipinski definition) is 3. The summed E-state index contributed by atoms with van der Waals surface area (Å²) in [6, 6.07) is 2.62. The van der Waals surface area contributed by atoms with Crippen LogP contribution < -0.4 is 15.4 Å². The Balaban J connectivity index is 2.17. The van der Waals surface area contributed by atoms with Crippen LogP contribution in [0.4, 0.5) is 23.7 Å². The van der Waals surface area contributed by atoms with Crippen molar-refractivity contribution in [2.75, 3.05) is 18.5 Å². The Labute approximate surface area is 138 Å². The van der Waals surface area contributed by atoms with Crippen LogP contribution in [0.1, 0.15) is 38.2 Å². The Kier molecular flexibility index (Phi) is 5.58. The van der Waals surface area contributed by atoms with Crippen molar-refractivity contribution < 1.29 is 27.8 Å². The average Bonchev–Trinajstić information content (AvgIpc) is 2.97. The molecule has 0 bridgehead atoms. The molecular formula is C16H21F3N2O3. The van der Waals surface area contributed by atoms with Crippen molar-refractivity contribution in [3.63, 3.8) is 0 Å². The van der Waals surface area contributed by atoms with E-state index < -0.39 is 23.3 Å². The Morgan fingerprint density at radius 3 is 2.54 bits per heavy atom. The fourth-order valence-corrected chi connectivity index (χ4v) is 2.89. The largest absolute Gasteiger partial charge is 0.494 e. The number of ether oxygens (including phenoxy) is 1. The Morgan fingerprint density at radius 2 is 2.00 bits per heavy atom. The molecule has 1 aliphatic carbocycles. The summed E-state index contributed by atoms with van der Waals surface area (Å²) in [5, 5.41) is 14.3. The van der Waals surface area contributed by atoms with Gasteiger partial charge in [-0.15, -0.1) is 0 Å². The molecule has 1 aromatic rings. The monoisotopic (exact) mass is 346 g/mol. The lowest BCUT2D eigenvalue weighted by molar-refractivity contribution is -0.137. The van der Waals surface area contributed by atoms with Gasteiger partial charge in [-0.25, -0.2) is 4.79 Å². The van der Waals surface area contributed by atoms with Crippen LogP contribution in [-0.4, -0.2) is 29.9 Å². The number of amides is 2. The Morgan fingerprint density at radius 1 is 1.33 bits per heavy atom.